The smallest absolute Gasteiger partial charge is 0.325 e. The summed E-state index contributed by atoms with van der Waals surface area (Å²) in [5, 5.41) is 8.60. The van der Waals surface area contributed by atoms with Gasteiger partial charge in [-0.05, 0) is 20.3 Å². The molecule has 0 fully saturated rings. The molecule has 1 aromatic rings. The van der Waals surface area contributed by atoms with Crippen molar-refractivity contribution in [2.45, 2.75) is 37.6 Å². The van der Waals surface area contributed by atoms with Crippen LogP contribution in [0.5, 0.6) is 0 Å². The number of carbonyl (C=O) groups is 1. The number of aliphatic carboxylic acids is 1. The Morgan fingerprint density at radius 3 is 2.48 bits per heavy atom. The van der Waals surface area contributed by atoms with Gasteiger partial charge in [-0.2, -0.15) is 4.31 Å². The first-order valence-corrected chi connectivity index (χ1v) is 7.66. The molecule has 0 aliphatic carbocycles. The molecule has 1 rings (SSSR count). The molecule has 0 unspecified atom stereocenters. The van der Waals surface area contributed by atoms with E-state index in [2.05, 4.69) is 4.98 Å². The quantitative estimate of drug-likeness (QED) is 0.608. The number of carboxylic acid groups (broad SMARTS) is 1. The minimum absolute atomic E-state index is 0.0368. The van der Waals surface area contributed by atoms with Crippen molar-refractivity contribution in [1.29, 1.82) is 0 Å². The predicted molar refractivity (Wildman–Crippen MR) is 73.6 cm³/mol. The summed E-state index contributed by atoms with van der Waals surface area (Å²) in [4.78, 5) is 36.4. The molecule has 0 atom stereocenters. The number of sulfonamides is 1. The van der Waals surface area contributed by atoms with Crippen molar-refractivity contribution in [3.63, 3.8) is 0 Å². The zero-order chi connectivity index (χ0) is 16.2. The summed E-state index contributed by atoms with van der Waals surface area (Å²) < 4.78 is 25.9. The minimum Gasteiger partial charge on any atom is -0.481 e. The van der Waals surface area contributed by atoms with E-state index in [1.54, 1.807) is 13.8 Å². The van der Waals surface area contributed by atoms with Gasteiger partial charge in [-0.25, -0.2) is 13.2 Å². The van der Waals surface area contributed by atoms with Crippen LogP contribution in [0.2, 0.25) is 0 Å². The number of aromatic amines is 2. The first-order valence-electron chi connectivity index (χ1n) is 6.22. The highest BCUT2D eigenvalue weighted by Crippen LogP contribution is 2.15. The molecule has 3 N–H and O–H groups in total. The molecule has 0 aromatic carbocycles. The molecule has 10 heteroatoms. The fourth-order valence-corrected chi connectivity index (χ4v) is 3.43. The van der Waals surface area contributed by atoms with Crippen LogP contribution in [0.15, 0.2) is 20.7 Å². The monoisotopic (exact) mass is 319 g/mol. The Balaban J connectivity index is 3.13. The molecule has 0 aliphatic heterocycles. The van der Waals surface area contributed by atoms with Crippen molar-refractivity contribution in [2.75, 3.05) is 6.54 Å². The van der Waals surface area contributed by atoms with Crippen LogP contribution in [0.4, 0.5) is 0 Å². The fourth-order valence-electron chi connectivity index (χ4n) is 1.76. The van der Waals surface area contributed by atoms with Crippen LogP contribution in [-0.2, 0) is 14.8 Å². The Labute approximate surface area is 120 Å². The number of hydrogen-bond acceptors (Lipinski definition) is 5. The van der Waals surface area contributed by atoms with Crippen LogP contribution in [0.3, 0.4) is 0 Å². The second-order valence-corrected chi connectivity index (χ2v) is 6.50. The molecule has 0 aliphatic rings. The third-order valence-corrected chi connectivity index (χ3v) is 4.80. The zero-order valence-electron chi connectivity index (χ0n) is 11.6. The highest BCUT2D eigenvalue weighted by Gasteiger charge is 2.29. The Morgan fingerprint density at radius 2 is 2.00 bits per heavy atom. The fraction of sp³-hybridized carbons (Fsp3) is 0.545. The Bertz CT molecular complexity index is 718. The van der Waals surface area contributed by atoms with Gasteiger partial charge in [0.05, 0.1) is 0 Å². The lowest BCUT2D eigenvalue weighted by molar-refractivity contribution is -0.137. The number of rotatable bonds is 7. The van der Waals surface area contributed by atoms with Crippen molar-refractivity contribution in [1.82, 2.24) is 14.3 Å². The zero-order valence-corrected chi connectivity index (χ0v) is 12.4. The average Bonchev–Trinajstić information content (AvgIpc) is 2.32. The Morgan fingerprint density at radius 1 is 1.38 bits per heavy atom. The number of nitrogens with zero attached hydrogens (tertiary/aromatic N) is 1. The molecule has 118 valence electrons. The molecule has 9 nitrogen and oxygen atoms in total. The summed E-state index contributed by atoms with van der Waals surface area (Å²) in [5.74, 6) is -1.03. The highest BCUT2D eigenvalue weighted by molar-refractivity contribution is 7.89. The lowest BCUT2D eigenvalue weighted by Gasteiger charge is -2.25. The molecular formula is C11H17N3O6S. The van der Waals surface area contributed by atoms with Crippen molar-refractivity contribution in [2.24, 2.45) is 0 Å². The number of aromatic nitrogens is 2. The van der Waals surface area contributed by atoms with E-state index in [0.29, 0.717) is 0 Å². The largest absolute Gasteiger partial charge is 0.481 e. The van der Waals surface area contributed by atoms with Crippen LogP contribution >= 0.6 is 0 Å². The van der Waals surface area contributed by atoms with E-state index in [0.717, 1.165) is 10.5 Å². The van der Waals surface area contributed by atoms with Crippen molar-refractivity contribution >= 4 is 16.0 Å². The van der Waals surface area contributed by atoms with E-state index in [1.807, 2.05) is 4.98 Å². The normalized spacial score (nSPS) is 12.0. The van der Waals surface area contributed by atoms with E-state index in [4.69, 9.17) is 5.11 Å². The van der Waals surface area contributed by atoms with Gasteiger partial charge in [-0.1, -0.05) is 0 Å². The maximum absolute atomic E-state index is 12.4. The molecule has 1 aromatic heterocycles. The molecule has 0 spiro atoms. The van der Waals surface area contributed by atoms with Gasteiger partial charge in [0.25, 0.3) is 5.56 Å². The Hall–Kier alpha value is -1.94. The van der Waals surface area contributed by atoms with Crippen LogP contribution in [0, 0.1) is 0 Å². The SMILES string of the molecule is CC(C)N(CCCC(=O)O)S(=O)(=O)c1c[nH]c(=O)[nH]c1=O. The third-order valence-electron chi connectivity index (χ3n) is 2.72. The van der Waals surface area contributed by atoms with Gasteiger partial charge in [0, 0.05) is 25.2 Å². The Kier molecular flexibility index (Phi) is 5.44. The molecule has 0 radical (unpaired) electrons. The molecule has 21 heavy (non-hydrogen) atoms. The number of nitrogens with one attached hydrogen (secondary N) is 2. The van der Waals surface area contributed by atoms with Crippen LogP contribution in [-0.4, -0.2) is 46.4 Å². The van der Waals surface area contributed by atoms with Crippen LogP contribution in [0.1, 0.15) is 26.7 Å². The van der Waals surface area contributed by atoms with E-state index in [1.165, 1.54) is 0 Å². The highest BCUT2D eigenvalue weighted by atomic mass is 32.2. The van der Waals surface area contributed by atoms with Gasteiger partial charge in [-0.15, -0.1) is 0 Å². The summed E-state index contributed by atoms with van der Waals surface area (Å²) in [6.07, 6.45) is 0.776. The van der Waals surface area contributed by atoms with E-state index in [-0.39, 0.29) is 19.4 Å². The molecule has 0 saturated carbocycles. The van der Waals surface area contributed by atoms with E-state index in [9.17, 15) is 22.8 Å². The van der Waals surface area contributed by atoms with Gasteiger partial charge in [0.15, 0.2) is 4.90 Å². The average molecular weight is 319 g/mol. The molecule has 0 bridgehead atoms. The van der Waals surface area contributed by atoms with Crippen molar-refractivity contribution in [3.05, 3.63) is 27.0 Å². The van der Waals surface area contributed by atoms with E-state index >= 15 is 0 Å². The molecular weight excluding hydrogens is 302 g/mol. The minimum atomic E-state index is -4.12. The predicted octanol–water partition coefficient (Wildman–Crippen LogP) is -0.673. The number of carboxylic acids is 1. The van der Waals surface area contributed by atoms with Crippen molar-refractivity contribution in [3.8, 4) is 0 Å². The summed E-state index contributed by atoms with van der Waals surface area (Å²) in [6.45, 7) is 3.18. The second-order valence-electron chi connectivity index (χ2n) is 4.64. The summed E-state index contributed by atoms with van der Waals surface area (Å²) in [7, 11) is -4.12. The van der Waals surface area contributed by atoms with E-state index < -0.39 is 38.2 Å². The van der Waals surface area contributed by atoms with Gasteiger partial charge < -0.3 is 10.1 Å². The summed E-state index contributed by atoms with van der Waals surface area (Å²) in [6, 6.07) is -0.463. The summed E-state index contributed by atoms with van der Waals surface area (Å²) in [5.41, 5.74) is -1.82. The third kappa shape index (κ3) is 4.26. The standard InChI is InChI=1S/C11H17N3O6S/c1-7(2)14(5-3-4-9(15)16)21(19,20)8-6-12-11(18)13-10(8)17/h6-7H,3-5H2,1-2H3,(H,15,16)(H2,12,13,17,18). The lowest BCUT2D eigenvalue weighted by atomic mass is 10.3. The van der Waals surface area contributed by atoms with Gasteiger partial charge >= 0.3 is 11.7 Å². The maximum Gasteiger partial charge on any atom is 0.325 e. The first kappa shape index (κ1) is 17.1. The van der Waals surface area contributed by atoms with Crippen LogP contribution in [0.25, 0.3) is 0 Å². The first-order chi connectivity index (χ1) is 9.66. The van der Waals surface area contributed by atoms with Gasteiger partial charge in [0.1, 0.15) is 0 Å². The number of hydrogen-bond donors (Lipinski definition) is 3. The summed E-state index contributed by atoms with van der Waals surface area (Å²) >= 11 is 0. The van der Waals surface area contributed by atoms with Gasteiger partial charge in [-0.3, -0.25) is 14.6 Å². The maximum atomic E-state index is 12.4. The van der Waals surface area contributed by atoms with Gasteiger partial charge in [0.2, 0.25) is 10.0 Å². The second kappa shape index (κ2) is 6.68. The molecule has 0 saturated heterocycles. The molecule has 0 amide bonds. The number of H-pyrrole nitrogens is 2. The van der Waals surface area contributed by atoms with Crippen LogP contribution < -0.4 is 11.2 Å². The van der Waals surface area contributed by atoms with Crippen molar-refractivity contribution < 1.29 is 18.3 Å². The lowest BCUT2D eigenvalue weighted by Crippen LogP contribution is -2.41. The molecule has 1 heterocycles. The topological polar surface area (TPSA) is 140 Å².